The van der Waals surface area contributed by atoms with E-state index in [-0.39, 0.29) is 5.91 Å². The average Bonchev–Trinajstić information content (AvgIpc) is 2.81. The summed E-state index contributed by atoms with van der Waals surface area (Å²) in [5, 5.41) is 9.18. The number of carboxylic acids is 1. The van der Waals surface area contributed by atoms with Gasteiger partial charge in [0.1, 0.15) is 12.1 Å². The Balaban J connectivity index is 2.37. The fourth-order valence-electron chi connectivity index (χ4n) is 3.47. The Hall–Kier alpha value is -2.02. The van der Waals surface area contributed by atoms with Gasteiger partial charge < -0.3 is 5.11 Å². The Morgan fingerprint density at radius 3 is 2.28 bits per heavy atom. The van der Waals surface area contributed by atoms with Gasteiger partial charge in [-0.3, -0.25) is 19.4 Å². The molecule has 6 nitrogen and oxygen atoms in total. The van der Waals surface area contributed by atoms with Crippen LogP contribution in [0.3, 0.4) is 0 Å². The van der Waals surface area contributed by atoms with E-state index in [0.29, 0.717) is 25.0 Å². The van der Waals surface area contributed by atoms with Gasteiger partial charge in [-0.25, -0.2) is 4.79 Å². The normalized spacial score (nSPS) is 17.9. The molecule has 1 aliphatic rings. The number of rotatable bonds is 8. The van der Waals surface area contributed by atoms with Crippen LogP contribution in [0.25, 0.3) is 0 Å². The fourth-order valence-corrected chi connectivity index (χ4v) is 3.77. The second-order valence-electron chi connectivity index (χ2n) is 6.20. The van der Waals surface area contributed by atoms with E-state index in [2.05, 4.69) is 12.6 Å². The Morgan fingerprint density at radius 2 is 1.80 bits per heavy atom. The average molecular weight is 364 g/mol. The number of carbonyl (C=O) groups is 3. The summed E-state index contributed by atoms with van der Waals surface area (Å²) in [6.45, 7) is 3.13. The van der Waals surface area contributed by atoms with Crippen LogP contribution in [-0.2, 0) is 16.0 Å². The van der Waals surface area contributed by atoms with Crippen molar-refractivity contribution in [1.29, 1.82) is 0 Å². The molecule has 0 bridgehead atoms. The van der Waals surface area contributed by atoms with E-state index in [1.54, 1.807) is 13.8 Å². The van der Waals surface area contributed by atoms with Gasteiger partial charge in [0.05, 0.1) is 6.04 Å². The van der Waals surface area contributed by atoms with Crippen molar-refractivity contribution in [3.63, 3.8) is 0 Å². The predicted molar refractivity (Wildman–Crippen MR) is 97.7 cm³/mol. The number of aliphatic carboxylic acids is 1. The lowest BCUT2D eigenvalue weighted by Gasteiger charge is -2.32. The van der Waals surface area contributed by atoms with Gasteiger partial charge in [-0.15, -0.1) is 0 Å². The van der Waals surface area contributed by atoms with Crippen LogP contribution >= 0.6 is 12.6 Å². The largest absolute Gasteiger partial charge is 0.480 e. The van der Waals surface area contributed by atoms with Gasteiger partial charge in [0.15, 0.2) is 0 Å². The van der Waals surface area contributed by atoms with Crippen molar-refractivity contribution >= 4 is 30.5 Å². The van der Waals surface area contributed by atoms with Crippen molar-refractivity contribution in [3.8, 4) is 0 Å². The molecule has 0 radical (unpaired) electrons. The van der Waals surface area contributed by atoms with Crippen LogP contribution in [0.15, 0.2) is 30.3 Å². The molecule has 1 atom stereocenters. The molecule has 25 heavy (non-hydrogen) atoms. The fraction of sp³-hybridized carbons (Fsp3) is 0.500. The highest BCUT2D eigenvalue weighted by molar-refractivity contribution is 7.80. The standard InChI is InChI=1S/C18H24N2O4S/c1-3-18(4-2)16(23)20(17(24)19(18)11-15(21)22)14(12-25)10-13-8-6-5-7-9-13/h5-9,14,25H,3-4,10-12H2,1-2H3,(H,21,22). The minimum atomic E-state index is -1.13. The van der Waals surface area contributed by atoms with Gasteiger partial charge in [0.25, 0.3) is 5.91 Å². The quantitative estimate of drug-likeness (QED) is 0.549. The summed E-state index contributed by atoms with van der Waals surface area (Å²) in [7, 11) is 0. The van der Waals surface area contributed by atoms with Gasteiger partial charge in [-0.2, -0.15) is 12.6 Å². The van der Waals surface area contributed by atoms with Crippen molar-refractivity contribution < 1.29 is 19.5 Å². The van der Waals surface area contributed by atoms with Gasteiger partial charge in [-0.1, -0.05) is 44.2 Å². The first-order chi connectivity index (χ1) is 11.9. The zero-order valence-electron chi connectivity index (χ0n) is 14.5. The maximum absolute atomic E-state index is 13.1. The smallest absolute Gasteiger partial charge is 0.328 e. The third-order valence-corrected chi connectivity index (χ3v) is 5.35. The highest BCUT2D eigenvalue weighted by Crippen LogP contribution is 2.35. The molecular formula is C18H24N2O4S. The van der Waals surface area contributed by atoms with E-state index >= 15 is 0 Å². The summed E-state index contributed by atoms with van der Waals surface area (Å²) >= 11 is 4.34. The molecule has 1 unspecified atom stereocenters. The minimum absolute atomic E-state index is 0.316. The summed E-state index contributed by atoms with van der Waals surface area (Å²) in [4.78, 5) is 39.7. The van der Waals surface area contributed by atoms with E-state index in [1.807, 2.05) is 30.3 Å². The van der Waals surface area contributed by atoms with E-state index in [4.69, 9.17) is 0 Å². The van der Waals surface area contributed by atoms with Crippen LogP contribution in [0.4, 0.5) is 4.79 Å². The maximum Gasteiger partial charge on any atom is 0.328 e. The Kier molecular flexibility index (Phi) is 6.11. The maximum atomic E-state index is 13.1. The van der Waals surface area contributed by atoms with E-state index in [1.165, 1.54) is 9.80 Å². The lowest BCUT2D eigenvalue weighted by molar-refractivity contribution is -0.140. The van der Waals surface area contributed by atoms with Gasteiger partial charge >= 0.3 is 12.0 Å². The zero-order valence-corrected chi connectivity index (χ0v) is 15.4. The number of urea groups is 1. The number of nitrogens with zero attached hydrogens (tertiary/aromatic N) is 2. The van der Waals surface area contributed by atoms with Gasteiger partial charge in [0, 0.05) is 5.75 Å². The molecular weight excluding hydrogens is 340 g/mol. The molecule has 1 fully saturated rings. The number of amides is 3. The second kappa shape index (κ2) is 7.91. The van der Waals surface area contributed by atoms with Crippen molar-refractivity contribution in [2.45, 2.75) is 44.7 Å². The lowest BCUT2D eigenvalue weighted by atomic mass is 9.90. The molecule has 3 amide bonds. The van der Waals surface area contributed by atoms with Gasteiger partial charge in [0.2, 0.25) is 0 Å². The summed E-state index contributed by atoms with van der Waals surface area (Å²) < 4.78 is 0. The summed E-state index contributed by atoms with van der Waals surface area (Å²) in [5.74, 6) is -1.13. The van der Waals surface area contributed by atoms with Crippen LogP contribution in [0.1, 0.15) is 32.3 Å². The summed E-state index contributed by atoms with van der Waals surface area (Å²) in [5.41, 5.74) is -0.0923. The van der Waals surface area contributed by atoms with Crippen LogP contribution in [0, 0.1) is 0 Å². The topological polar surface area (TPSA) is 77.9 Å². The van der Waals surface area contributed by atoms with Crippen molar-refractivity contribution in [2.24, 2.45) is 0 Å². The third-order valence-electron chi connectivity index (χ3n) is 4.92. The van der Waals surface area contributed by atoms with Crippen molar-refractivity contribution in [1.82, 2.24) is 9.80 Å². The molecule has 1 aromatic rings. The molecule has 1 aromatic carbocycles. The molecule has 1 N–H and O–H groups in total. The number of hydrogen-bond acceptors (Lipinski definition) is 4. The van der Waals surface area contributed by atoms with E-state index in [0.717, 1.165) is 5.56 Å². The lowest BCUT2D eigenvalue weighted by Crippen LogP contribution is -2.50. The molecule has 0 spiro atoms. The van der Waals surface area contributed by atoms with Crippen LogP contribution in [0.5, 0.6) is 0 Å². The number of carboxylic acid groups (broad SMARTS) is 1. The van der Waals surface area contributed by atoms with Crippen molar-refractivity contribution in [3.05, 3.63) is 35.9 Å². The van der Waals surface area contributed by atoms with Crippen molar-refractivity contribution in [2.75, 3.05) is 12.3 Å². The molecule has 2 rings (SSSR count). The summed E-state index contributed by atoms with van der Waals surface area (Å²) in [6.07, 6.45) is 1.25. The molecule has 1 heterocycles. The number of carbonyl (C=O) groups excluding carboxylic acids is 2. The first-order valence-electron chi connectivity index (χ1n) is 8.43. The molecule has 1 saturated heterocycles. The number of benzene rings is 1. The second-order valence-corrected chi connectivity index (χ2v) is 6.57. The first kappa shape index (κ1) is 19.3. The minimum Gasteiger partial charge on any atom is -0.480 e. The Labute approximate surface area is 153 Å². The van der Waals surface area contributed by atoms with Crippen LogP contribution in [-0.4, -0.2) is 56.7 Å². The number of imide groups is 1. The molecule has 0 saturated carbocycles. The monoisotopic (exact) mass is 364 g/mol. The number of thiol groups is 1. The molecule has 7 heteroatoms. The highest BCUT2D eigenvalue weighted by Gasteiger charge is 2.57. The van der Waals surface area contributed by atoms with Crippen LogP contribution < -0.4 is 0 Å². The first-order valence-corrected chi connectivity index (χ1v) is 9.06. The van der Waals surface area contributed by atoms with E-state index in [9.17, 15) is 19.5 Å². The molecule has 0 aliphatic carbocycles. The van der Waals surface area contributed by atoms with Gasteiger partial charge in [-0.05, 0) is 24.8 Å². The molecule has 136 valence electrons. The predicted octanol–water partition coefficient (Wildman–Crippen LogP) is 2.44. The highest BCUT2D eigenvalue weighted by atomic mass is 32.1. The van der Waals surface area contributed by atoms with E-state index < -0.39 is 30.1 Å². The number of hydrogen-bond donors (Lipinski definition) is 2. The van der Waals surface area contributed by atoms with Crippen LogP contribution in [0.2, 0.25) is 0 Å². The Morgan fingerprint density at radius 1 is 1.20 bits per heavy atom. The zero-order chi connectivity index (χ0) is 18.6. The molecule has 1 aliphatic heterocycles. The summed E-state index contributed by atoms with van der Waals surface area (Å²) in [6, 6.07) is 8.62. The third kappa shape index (κ3) is 3.51. The Bertz CT molecular complexity index is 646. The SMILES string of the molecule is CCC1(CC)C(=O)N(C(CS)Cc2ccccc2)C(=O)N1CC(=O)O. The molecule has 0 aromatic heterocycles.